The summed E-state index contributed by atoms with van der Waals surface area (Å²) < 4.78 is 20.1. The number of amides is 1. The van der Waals surface area contributed by atoms with E-state index in [-0.39, 0.29) is 17.6 Å². The molecule has 5 nitrogen and oxygen atoms in total. The predicted molar refractivity (Wildman–Crippen MR) is 101 cm³/mol. The SMILES string of the molecule is CN(CC1CCN(c2nc3c(F)cccc3s2)CC1)C(=O)C1CCOC1. The minimum Gasteiger partial charge on any atom is -0.381 e. The van der Waals surface area contributed by atoms with Crippen LogP contribution in [0.5, 0.6) is 0 Å². The smallest absolute Gasteiger partial charge is 0.227 e. The number of piperidine rings is 1. The molecule has 1 aromatic heterocycles. The van der Waals surface area contributed by atoms with Crippen LogP contribution < -0.4 is 4.90 Å². The van der Waals surface area contributed by atoms with Crippen LogP contribution >= 0.6 is 11.3 Å². The minimum atomic E-state index is -0.254. The van der Waals surface area contributed by atoms with E-state index < -0.39 is 0 Å². The number of carbonyl (C=O) groups is 1. The van der Waals surface area contributed by atoms with Gasteiger partial charge in [-0.15, -0.1) is 0 Å². The van der Waals surface area contributed by atoms with Crippen molar-refractivity contribution < 1.29 is 13.9 Å². The lowest BCUT2D eigenvalue weighted by Gasteiger charge is -2.34. The summed E-state index contributed by atoms with van der Waals surface area (Å²) >= 11 is 1.55. The summed E-state index contributed by atoms with van der Waals surface area (Å²) in [5.41, 5.74) is 0.471. The Labute approximate surface area is 156 Å². The third-order valence-electron chi connectivity index (χ3n) is 5.43. The molecule has 2 aliphatic heterocycles. The summed E-state index contributed by atoms with van der Waals surface area (Å²) in [5.74, 6) is 0.508. The summed E-state index contributed by atoms with van der Waals surface area (Å²) in [7, 11) is 1.91. The highest BCUT2D eigenvalue weighted by Crippen LogP contribution is 2.32. The zero-order chi connectivity index (χ0) is 18.1. The number of fused-ring (bicyclic) bond motifs is 1. The van der Waals surface area contributed by atoms with E-state index >= 15 is 0 Å². The topological polar surface area (TPSA) is 45.7 Å². The molecule has 2 fully saturated rings. The standard InChI is InChI=1S/C19H24FN3O2S/c1-22(18(24)14-7-10-25-12-14)11-13-5-8-23(9-6-13)19-21-17-15(20)3-2-4-16(17)26-19/h2-4,13-14H,5-12H2,1H3. The van der Waals surface area contributed by atoms with Gasteiger partial charge in [-0.25, -0.2) is 9.37 Å². The lowest BCUT2D eigenvalue weighted by atomic mass is 9.96. The number of anilines is 1. The van der Waals surface area contributed by atoms with Gasteiger partial charge in [0.25, 0.3) is 0 Å². The predicted octanol–water partition coefficient (Wildman–Crippen LogP) is 3.15. The molecule has 1 amide bonds. The first-order valence-electron chi connectivity index (χ1n) is 9.24. The zero-order valence-corrected chi connectivity index (χ0v) is 15.8. The Hall–Kier alpha value is -1.73. The van der Waals surface area contributed by atoms with Crippen LogP contribution in [0.2, 0.25) is 0 Å². The van der Waals surface area contributed by atoms with Gasteiger partial charge in [-0.05, 0) is 37.3 Å². The zero-order valence-electron chi connectivity index (χ0n) is 15.0. The molecule has 0 spiro atoms. The number of ether oxygens (including phenoxy) is 1. The first-order chi connectivity index (χ1) is 12.6. The van der Waals surface area contributed by atoms with Gasteiger partial charge in [-0.1, -0.05) is 17.4 Å². The third-order valence-corrected chi connectivity index (χ3v) is 6.51. The maximum Gasteiger partial charge on any atom is 0.227 e. The Balaban J connectivity index is 1.33. The van der Waals surface area contributed by atoms with Crippen molar-refractivity contribution in [3.63, 3.8) is 0 Å². The molecule has 26 heavy (non-hydrogen) atoms. The maximum atomic E-state index is 13.9. The van der Waals surface area contributed by atoms with Gasteiger partial charge in [0.2, 0.25) is 5.91 Å². The van der Waals surface area contributed by atoms with Crippen molar-refractivity contribution in [2.45, 2.75) is 19.3 Å². The van der Waals surface area contributed by atoms with Crippen LogP contribution in [0.25, 0.3) is 10.2 Å². The molecule has 0 saturated carbocycles. The number of rotatable bonds is 4. The number of benzene rings is 1. The van der Waals surface area contributed by atoms with E-state index in [0.717, 1.165) is 48.7 Å². The Kier molecular flexibility index (Phi) is 5.09. The minimum absolute atomic E-state index is 0.0396. The van der Waals surface area contributed by atoms with Crippen LogP contribution in [0.4, 0.5) is 9.52 Å². The van der Waals surface area contributed by atoms with E-state index in [2.05, 4.69) is 9.88 Å². The van der Waals surface area contributed by atoms with Crippen molar-refractivity contribution in [2.24, 2.45) is 11.8 Å². The second-order valence-corrected chi connectivity index (χ2v) is 8.30. The number of hydrogen-bond acceptors (Lipinski definition) is 5. The summed E-state index contributed by atoms with van der Waals surface area (Å²) in [6.07, 6.45) is 2.89. The van der Waals surface area contributed by atoms with Crippen molar-refractivity contribution >= 4 is 32.6 Å². The molecular weight excluding hydrogens is 353 g/mol. The molecule has 0 radical (unpaired) electrons. The van der Waals surface area contributed by atoms with Gasteiger partial charge in [0.05, 0.1) is 17.2 Å². The molecule has 0 bridgehead atoms. The summed E-state index contributed by atoms with van der Waals surface area (Å²) in [6.45, 7) is 3.88. The fourth-order valence-electron chi connectivity index (χ4n) is 3.86. The molecule has 1 atom stereocenters. The number of aromatic nitrogens is 1. The van der Waals surface area contributed by atoms with Crippen LogP contribution in [-0.4, -0.2) is 55.7 Å². The molecule has 4 rings (SSSR count). The van der Waals surface area contributed by atoms with Crippen molar-refractivity contribution in [2.75, 3.05) is 44.8 Å². The fourth-order valence-corrected chi connectivity index (χ4v) is 4.90. The van der Waals surface area contributed by atoms with Gasteiger partial charge in [0, 0.05) is 33.3 Å². The molecule has 2 saturated heterocycles. The molecule has 140 valence electrons. The Morgan fingerprint density at radius 1 is 1.38 bits per heavy atom. The summed E-state index contributed by atoms with van der Waals surface area (Å²) in [6, 6.07) is 5.11. The average molecular weight is 377 g/mol. The van der Waals surface area contributed by atoms with E-state index in [0.29, 0.717) is 24.6 Å². The molecule has 2 aliphatic rings. The average Bonchev–Trinajstić information content (AvgIpc) is 3.32. The number of carbonyl (C=O) groups excluding carboxylic acids is 1. The number of nitrogens with zero attached hydrogens (tertiary/aromatic N) is 3. The van der Waals surface area contributed by atoms with E-state index in [9.17, 15) is 9.18 Å². The number of halogens is 1. The fraction of sp³-hybridized carbons (Fsp3) is 0.579. The largest absolute Gasteiger partial charge is 0.381 e. The first-order valence-corrected chi connectivity index (χ1v) is 10.1. The van der Waals surface area contributed by atoms with Gasteiger partial charge < -0.3 is 14.5 Å². The van der Waals surface area contributed by atoms with Crippen molar-refractivity contribution in [3.05, 3.63) is 24.0 Å². The highest BCUT2D eigenvalue weighted by Gasteiger charge is 2.29. The van der Waals surface area contributed by atoms with E-state index in [1.165, 1.54) is 6.07 Å². The monoisotopic (exact) mass is 377 g/mol. The van der Waals surface area contributed by atoms with Gasteiger partial charge in [-0.2, -0.15) is 0 Å². The van der Waals surface area contributed by atoms with Gasteiger partial charge in [-0.3, -0.25) is 4.79 Å². The van der Waals surface area contributed by atoms with E-state index in [4.69, 9.17) is 4.74 Å². The second kappa shape index (κ2) is 7.48. The van der Waals surface area contributed by atoms with Crippen LogP contribution in [0.3, 0.4) is 0 Å². The highest BCUT2D eigenvalue weighted by atomic mass is 32.1. The Morgan fingerprint density at radius 3 is 2.88 bits per heavy atom. The summed E-state index contributed by atoms with van der Waals surface area (Å²) in [4.78, 5) is 21.0. The van der Waals surface area contributed by atoms with Crippen molar-refractivity contribution in [1.29, 1.82) is 0 Å². The molecule has 1 unspecified atom stereocenters. The van der Waals surface area contributed by atoms with Crippen LogP contribution in [0.15, 0.2) is 18.2 Å². The Morgan fingerprint density at radius 2 is 2.19 bits per heavy atom. The first kappa shape index (κ1) is 17.7. The van der Waals surface area contributed by atoms with Crippen molar-refractivity contribution in [3.8, 4) is 0 Å². The normalized spacial score (nSPS) is 21.5. The molecule has 0 N–H and O–H groups in total. The van der Waals surface area contributed by atoms with Crippen LogP contribution in [-0.2, 0) is 9.53 Å². The van der Waals surface area contributed by atoms with E-state index in [1.54, 1.807) is 17.4 Å². The van der Waals surface area contributed by atoms with Crippen LogP contribution in [0, 0.1) is 17.7 Å². The lowest BCUT2D eigenvalue weighted by molar-refractivity contribution is -0.134. The molecule has 0 aliphatic carbocycles. The summed E-state index contributed by atoms with van der Waals surface area (Å²) in [5, 5.41) is 0.899. The molecule has 2 aromatic rings. The highest BCUT2D eigenvalue weighted by molar-refractivity contribution is 7.22. The van der Waals surface area contributed by atoms with Gasteiger partial charge in [0.15, 0.2) is 5.13 Å². The molecular formula is C19H24FN3O2S. The Bertz CT molecular complexity index is 782. The number of para-hydroxylation sites is 1. The second-order valence-electron chi connectivity index (χ2n) is 7.29. The number of thiazole rings is 1. The quantitative estimate of drug-likeness (QED) is 0.821. The lowest BCUT2D eigenvalue weighted by Crippen LogP contribution is -2.41. The molecule has 7 heteroatoms. The number of hydrogen-bond donors (Lipinski definition) is 0. The molecule has 3 heterocycles. The van der Waals surface area contributed by atoms with Gasteiger partial charge in [0.1, 0.15) is 11.3 Å². The molecule has 1 aromatic carbocycles. The van der Waals surface area contributed by atoms with Crippen molar-refractivity contribution in [1.82, 2.24) is 9.88 Å². The van der Waals surface area contributed by atoms with Gasteiger partial charge >= 0.3 is 0 Å². The van der Waals surface area contributed by atoms with Crippen LogP contribution in [0.1, 0.15) is 19.3 Å². The maximum absolute atomic E-state index is 13.9. The third kappa shape index (κ3) is 3.55. The van der Waals surface area contributed by atoms with E-state index in [1.807, 2.05) is 18.0 Å².